The number of amides is 1. The number of rotatable bonds is 7. The molecule has 1 unspecified atom stereocenters. The Morgan fingerprint density at radius 2 is 1.94 bits per heavy atom. The summed E-state index contributed by atoms with van der Waals surface area (Å²) < 4.78 is 0. The first-order chi connectivity index (χ1) is 17.5. The van der Waals surface area contributed by atoms with Gasteiger partial charge in [0.25, 0.3) is 0 Å². The molecular weight excluding hydrogens is 476 g/mol. The molecule has 1 amide bonds. The van der Waals surface area contributed by atoms with E-state index in [1.807, 2.05) is 47.5 Å². The van der Waals surface area contributed by atoms with E-state index in [2.05, 4.69) is 32.1 Å². The number of piperazine rings is 1. The van der Waals surface area contributed by atoms with E-state index in [0.29, 0.717) is 50.7 Å². The molecule has 2 N–H and O–H groups in total. The van der Waals surface area contributed by atoms with Gasteiger partial charge >= 0.3 is 0 Å². The Kier molecular flexibility index (Phi) is 7.46. The summed E-state index contributed by atoms with van der Waals surface area (Å²) in [5.74, 6) is 0.894. The fourth-order valence-corrected chi connectivity index (χ4v) is 5.35. The van der Waals surface area contributed by atoms with E-state index in [0.717, 1.165) is 28.2 Å². The van der Waals surface area contributed by atoms with E-state index in [-0.39, 0.29) is 17.7 Å². The minimum atomic E-state index is -0.529. The molecular formula is C27H31ClN6O2. The van der Waals surface area contributed by atoms with E-state index in [4.69, 9.17) is 11.6 Å². The molecule has 1 saturated heterocycles. The Balaban J connectivity index is 1.27. The van der Waals surface area contributed by atoms with Gasteiger partial charge in [-0.15, -0.1) is 0 Å². The normalized spacial score (nSPS) is 20.3. The minimum Gasteiger partial charge on any atom is -0.387 e. The molecule has 3 heterocycles. The number of anilines is 1. The van der Waals surface area contributed by atoms with E-state index < -0.39 is 6.10 Å². The highest BCUT2D eigenvalue weighted by molar-refractivity contribution is 6.30. The zero-order valence-corrected chi connectivity index (χ0v) is 21.1. The van der Waals surface area contributed by atoms with Gasteiger partial charge in [0.05, 0.1) is 17.7 Å². The Labute approximate surface area is 216 Å². The largest absolute Gasteiger partial charge is 0.387 e. The summed E-state index contributed by atoms with van der Waals surface area (Å²) in [7, 11) is 0. The maximum absolute atomic E-state index is 13.7. The number of benzene rings is 1. The number of nitrogens with zero attached hydrogens (tertiary/aromatic N) is 5. The number of pyridine rings is 1. The van der Waals surface area contributed by atoms with Crippen molar-refractivity contribution < 1.29 is 9.90 Å². The van der Waals surface area contributed by atoms with Crippen molar-refractivity contribution in [3.05, 3.63) is 82.5 Å². The standard InChI is InChI=1S/C27H31ClN6O2/c1-18-13-23(35)25-24(18)26(32-17-31-25)33-9-11-34(12-10-33)27(36)22(20-4-6-21(28)7-5-20)16-30-15-19-3-2-8-29-14-19/h2-8,14,17-18,22-23,30,35H,9-13,15-16H2,1H3/t18-,22?,23-/m1/s1. The molecule has 0 spiro atoms. The molecule has 0 radical (unpaired) electrons. The Bertz CT molecular complexity index is 1180. The highest BCUT2D eigenvalue weighted by Crippen LogP contribution is 2.42. The molecule has 2 aromatic heterocycles. The molecule has 1 aliphatic carbocycles. The summed E-state index contributed by atoms with van der Waals surface area (Å²) in [6, 6.07) is 11.5. The summed E-state index contributed by atoms with van der Waals surface area (Å²) in [4.78, 5) is 30.9. The fourth-order valence-electron chi connectivity index (χ4n) is 5.22. The lowest BCUT2D eigenvalue weighted by Crippen LogP contribution is -2.51. The van der Waals surface area contributed by atoms with Crippen molar-refractivity contribution >= 4 is 23.3 Å². The second-order valence-corrected chi connectivity index (χ2v) is 9.99. The molecule has 36 heavy (non-hydrogen) atoms. The highest BCUT2D eigenvalue weighted by Gasteiger charge is 2.35. The third-order valence-electron chi connectivity index (χ3n) is 7.14. The third-order valence-corrected chi connectivity index (χ3v) is 7.39. The Hall–Kier alpha value is -3.07. The second kappa shape index (κ2) is 10.9. The fraction of sp³-hybridized carbons (Fsp3) is 0.407. The quantitative estimate of drug-likeness (QED) is 0.507. The lowest BCUT2D eigenvalue weighted by atomic mass is 9.96. The van der Waals surface area contributed by atoms with Crippen LogP contribution in [0.1, 0.15) is 53.7 Å². The number of halogens is 1. The van der Waals surface area contributed by atoms with Crippen LogP contribution in [0.4, 0.5) is 5.82 Å². The van der Waals surface area contributed by atoms with Gasteiger partial charge in [0.2, 0.25) is 5.91 Å². The predicted octanol–water partition coefficient (Wildman–Crippen LogP) is 3.29. The molecule has 8 nitrogen and oxygen atoms in total. The van der Waals surface area contributed by atoms with Crippen molar-refractivity contribution in [3.63, 3.8) is 0 Å². The molecule has 1 aliphatic heterocycles. The molecule has 3 atom stereocenters. The molecule has 1 aromatic carbocycles. The van der Waals surface area contributed by atoms with Crippen LogP contribution in [0.5, 0.6) is 0 Å². The SMILES string of the molecule is C[C@@H]1C[C@@H](O)c2ncnc(N3CCN(C(=O)C(CNCc4cccnc4)c4ccc(Cl)cc4)CC3)c21. The molecule has 3 aromatic rings. The number of carbonyl (C=O) groups excluding carboxylic acids is 1. The van der Waals surface area contributed by atoms with Crippen LogP contribution in [0.15, 0.2) is 55.1 Å². The number of hydrogen-bond donors (Lipinski definition) is 2. The number of fused-ring (bicyclic) bond motifs is 1. The lowest BCUT2D eigenvalue weighted by Gasteiger charge is -2.38. The third kappa shape index (κ3) is 5.21. The van der Waals surface area contributed by atoms with E-state index in [1.54, 1.807) is 6.20 Å². The minimum absolute atomic E-state index is 0.104. The van der Waals surface area contributed by atoms with Gasteiger partial charge in [0, 0.05) is 62.2 Å². The van der Waals surface area contributed by atoms with E-state index >= 15 is 0 Å². The number of aromatic nitrogens is 3. The van der Waals surface area contributed by atoms with Crippen LogP contribution in [0.2, 0.25) is 5.02 Å². The number of nitrogens with one attached hydrogen (secondary N) is 1. The summed E-state index contributed by atoms with van der Waals surface area (Å²) in [5, 5.41) is 14.4. The van der Waals surface area contributed by atoms with Crippen molar-refractivity contribution in [2.45, 2.75) is 37.8 Å². The van der Waals surface area contributed by atoms with Gasteiger partial charge in [-0.25, -0.2) is 9.97 Å². The average molecular weight is 507 g/mol. The van der Waals surface area contributed by atoms with Crippen LogP contribution in [0, 0.1) is 0 Å². The van der Waals surface area contributed by atoms with Gasteiger partial charge in [0.15, 0.2) is 0 Å². The van der Waals surface area contributed by atoms with Crippen molar-refractivity contribution in [2.75, 3.05) is 37.6 Å². The lowest BCUT2D eigenvalue weighted by molar-refractivity contribution is -0.133. The first-order valence-electron chi connectivity index (χ1n) is 12.4. The van der Waals surface area contributed by atoms with Gasteiger partial charge < -0.3 is 20.2 Å². The van der Waals surface area contributed by atoms with Gasteiger partial charge in [-0.1, -0.05) is 36.7 Å². The summed E-state index contributed by atoms with van der Waals surface area (Å²) in [5.41, 5.74) is 3.81. The first kappa shape index (κ1) is 24.6. The summed E-state index contributed by atoms with van der Waals surface area (Å²) in [6.07, 6.45) is 5.27. The Morgan fingerprint density at radius 1 is 1.17 bits per heavy atom. The van der Waals surface area contributed by atoms with Gasteiger partial charge in [0.1, 0.15) is 12.1 Å². The summed E-state index contributed by atoms with van der Waals surface area (Å²) >= 11 is 6.11. The Morgan fingerprint density at radius 3 is 2.67 bits per heavy atom. The van der Waals surface area contributed by atoms with Crippen LogP contribution in [-0.2, 0) is 11.3 Å². The molecule has 1 fully saturated rings. The maximum atomic E-state index is 13.7. The van der Waals surface area contributed by atoms with Crippen molar-refractivity contribution in [1.82, 2.24) is 25.2 Å². The predicted molar refractivity (Wildman–Crippen MR) is 139 cm³/mol. The topological polar surface area (TPSA) is 94.5 Å². The number of aliphatic hydroxyl groups excluding tert-OH is 1. The van der Waals surface area contributed by atoms with Crippen molar-refractivity contribution in [2.24, 2.45) is 0 Å². The number of carbonyl (C=O) groups is 1. The van der Waals surface area contributed by atoms with E-state index in [9.17, 15) is 9.90 Å². The van der Waals surface area contributed by atoms with Gasteiger partial charge in [-0.05, 0) is 41.7 Å². The average Bonchev–Trinajstić information content (AvgIpc) is 3.21. The van der Waals surface area contributed by atoms with Crippen LogP contribution >= 0.6 is 11.6 Å². The molecule has 9 heteroatoms. The van der Waals surface area contributed by atoms with Crippen molar-refractivity contribution in [3.8, 4) is 0 Å². The molecule has 5 rings (SSSR count). The molecule has 2 aliphatic rings. The number of hydrogen-bond acceptors (Lipinski definition) is 7. The zero-order chi connectivity index (χ0) is 25.1. The molecule has 0 bridgehead atoms. The van der Waals surface area contributed by atoms with Gasteiger partial charge in [-0.3, -0.25) is 9.78 Å². The second-order valence-electron chi connectivity index (χ2n) is 9.56. The zero-order valence-electron chi connectivity index (χ0n) is 20.3. The first-order valence-corrected chi connectivity index (χ1v) is 12.8. The highest BCUT2D eigenvalue weighted by atomic mass is 35.5. The maximum Gasteiger partial charge on any atom is 0.231 e. The molecule has 0 saturated carbocycles. The van der Waals surface area contributed by atoms with Crippen LogP contribution in [0.3, 0.4) is 0 Å². The molecule has 188 valence electrons. The smallest absolute Gasteiger partial charge is 0.231 e. The van der Waals surface area contributed by atoms with E-state index in [1.165, 1.54) is 6.33 Å². The summed E-state index contributed by atoms with van der Waals surface area (Å²) in [6.45, 7) is 5.87. The van der Waals surface area contributed by atoms with Crippen molar-refractivity contribution in [1.29, 1.82) is 0 Å². The monoisotopic (exact) mass is 506 g/mol. The van der Waals surface area contributed by atoms with Crippen LogP contribution in [-0.4, -0.2) is 63.6 Å². The van der Waals surface area contributed by atoms with Crippen LogP contribution in [0.25, 0.3) is 0 Å². The van der Waals surface area contributed by atoms with Gasteiger partial charge in [-0.2, -0.15) is 0 Å². The van der Waals surface area contributed by atoms with Crippen LogP contribution < -0.4 is 10.2 Å². The number of aliphatic hydroxyl groups is 1.